The number of carboxylic acid groups (broad SMARTS) is 1. The molecule has 0 aromatic heterocycles. The SMILES string of the molecule is C[C@H](CCCCNC(=O)CCCCCCCCCCC(=O)O)C(=O)C[C@@H](CO)C(N)=O. The number of carbonyl (C=O) groups excluding carboxylic acids is 3. The maximum absolute atomic E-state index is 12.1. The maximum atomic E-state index is 12.1. The number of nitrogens with two attached hydrogens (primary N) is 1. The van der Waals surface area contributed by atoms with Crippen LogP contribution in [-0.4, -0.2) is 46.9 Å². The number of aliphatic carboxylic acids is 1. The van der Waals surface area contributed by atoms with Gasteiger partial charge in [-0.2, -0.15) is 0 Å². The zero-order valence-electron chi connectivity index (χ0n) is 19.1. The van der Waals surface area contributed by atoms with Gasteiger partial charge in [0.25, 0.3) is 0 Å². The minimum atomic E-state index is -0.807. The zero-order chi connectivity index (χ0) is 23.5. The molecule has 0 bridgehead atoms. The fourth-order valence-electron chi connectivity index (χ4n) is 3.37. The Bertz CT molecular complexity index is 538. The van der Waals surface area contributed by atoms with Crippen LogP contribution in [0.3, 0.4) is 0 Å². The van der Waals surface area contributed by atoms with E-state index in [2.05, 4.69) is 5.32 Å². The first-order valence-corrected chi connectivity index (χ1v) is 11.7. The van der Waals surface area contributed by atoms with E-state index in [9.17, 15) is 19.2 Å². The molecule has 0 aliphatic heterocycles. The highest BCUT2D eigenvalue weighted by Crippen LogP contribution is 2.14. The number of nitrogens with one attached hydrogen (secondary N) is 1. The van der Waals surface area contributed by atoms with Crippen LogP contribution in [0.2, 0.25) is 0 Å². The van der Waals surface area contributed by atoms with Crippen molar-refractivity contribution < 1.29 is 29.4 Å². The van der Waals surface area contributed by atoms with Gasteiger partial charge in [-0.3, -0.25) is 19.2 Å². The van der Waals surface area contributed by atoms with Gasteiger partial charge >= 0.3 is 5.97 Å². The molecule has 0 radical (unpaired) electrons. The Morgan fingerprint density at radius 3 is 1.90 bits per heavy atom. The molecule has 0 aromatic rings. The van der Waals surface area contributed by atoms with Gasteiger partial charge in [-0.1, -0.05) is 51.9 Å². The van der Waals surface area contributed by atoms with Crippen molar-refractivity contribution in [1.29, 1.82) is 0 Å². The Labute approximate surface area is 186 Å². The zero-order valence-corrected chi connectivity index (χ0v) is 19.1. The molecule has 2 atom stereocenters. The lowest BCUT2D eigenvalue weighted by Gasteiger charge is -2.14. The highest BCUT2D eigenvalue weighted by molar-refractivity contribution is 5.87. The van der Waals surface area contributed by atoms with Gasteiger partial charge in [-0.05, 0) is 25.7 Å². The number of carbonyl (C=O) groups is 4. The fourth-order valence-corrected chi connectivity index (χ4v) is 3.37. The quantitative estimate of drug-likeness (QED) is 0.201. The first-order chi connectivity index (χ1) is 14.8. The summed E-state index contributed by atoms with van der Waals surface area (Å²) in [6.07, 6.45) is 11.1. The second-order valence-corrected chi connectivity index (χ2v) is 8.42. The number of hydrogen-bond donors (Lipinski definition) is 4. The van der Waals surface area contributed by atoms with Crippen LogP contribution in [0.4, 0.5) is 0 Å². The minimum absolute atomic E-state index is 0.0194. The van der Waals surface area contributed by atoms with E-state index in [-0.39, 0.29) is 30.4 Å². The Morgan fingerprint density at radius 2 is 1.39 bits per heavy atom. The molecule has 0 rings (SSSR count). The van der Waals surface area contributed by atoms with E-state index in [1.165, 1.54) is 0 Å². The largest absolute Gasteiger partial charge is 0.481 e. The van der Waals surface area contributed by atoms with Crippen molar-refractivity contribution in [3.8, 4) is 0 Å². The van der Waals surface area contributed by atoms with Crippen molar-refractivity contribution in [3.05, 3.63) is 0 Å². The third kappa shape index (κ3) is 17.4. The van der Waals surface area contributed by atoms with Crippen LogP contribution in [0.15, 0.2) is 0 Å². The lowest BCUT2D eigenvalue weighted by Crippen LogP contribution is -2.30. The molecule has 5 N–H and O–H groups in total. The van der Waals surface area contributed by atoms with Gasteiger partial charge in [0.05, 0.1) is 12.5 Å². The average molecular weight is 443 g/mol. The third-order valence-electron chi connectivity index (χ3n) is 5.55. The summed E-state index contributed by atoms with van der Waals surface area (Å²) in [6.45, 7) is 2.00. The van der Waals surface area contributed by atoms with Crippen molar-refractivity contribution in [3.63, 3.8) is 0 Å². The van der Waals surface area contributed by atoms with Gasteiger partial charge < -0.3 is 21.3 Å². The van der Waals surface area contributed by atoms with Gasteiger partial charge in [0.2, 0.25) is 11.8 Å². The Morgan fingerprint density at radius 1 is 0.839 bits per heavy atom. The van der Waals surface area contributed by atoms with Gasteiger partial charge in [-0.25, -0.2) is 0 Å². The summed E-state index contributed by atoms with van der Waals surface area (Å²) < 4.78 is 0. The van der Waals surface area contributed by atoms with Gasteiger partial charge in [0.15, 0.2) is 0 Å². The Balaban J connectivity index is 3.56. The fraction of sp³-hybridized carbons (Fsp3) is 0.826. The normalized spacial score (nSPS) is 12.8. The van der Waals surface area contributed by atoms with E-state index in [1.54, 1.807) is 0 Å². The number of primary amides is 1. The van der Waals surface area contributed by atoms with E-state index in [4.69, 9.17) is 15.9 Å². The number of aliphatic hydroxyl groups excluding tert-OH is 1. The van der Waals surface area contributed by atoms with E-state index in [0.717, 1.165) is 64.2 Å². The van der Waals surface area contributed by atoms with Crippen LogP contribution < -0.4 is 11.1 Å². The number of Topliss-reactive ketones (excluding diaryl/α,β-unsaturated/α-hetero) is 1. The first kappa shape index (κ1) is 29.0. The van der Waals surface area contributed by atoms with Crippen molar-refractivity contribution in [2.75, 3.05) is 13.2 Å². The Hall–Kier alpha value is -1.96. The van der Waals surface area contributed by atoms with Gasteiger partial charge in [-0.15, -0.1) is 0 Å². The van der Waals surface area contributed by atoms with Crippen LogP contribution in [0, 0.1) is 11.8 Å². The van der Waals surface area contributed by atoms with Crippen molar-refractivity contribution in [1.82, 2.24) is 5.32 Å². The molecule has 2 amide bonds. The average Bonchev–Trinajstić information content (AvgIpc) is 2.72. The second-order valence-electron chi connectivity index (χ2n) is 8.42. The smallest absolute Gasteiger partial charge is 0.303 e. The summed E-state index contributed by atoms with van der Waals surface area (Å²) >= 11 is 0. The Kier molecular flexibility index (Phi) is 17.6. The first-order valence-electron chi connectivity index (χ1n) is 11.7. The summed E-state index contributed by atoms with van der Waals surface area (Å²) in [7, 11) is 0. The van der Waals surface area contributed by atoms with Crippen LogP contribution in [0.5, 0.6) is 0 Å². The van der Waals surface area contributed by atoms with Crippen LogP contribution in [0.25, 0.3) is 0 Å². The number of rotatable bonds is 21. The van der Waals surface area contributed by atoms with E-state index in [1.807, 2.05) is 6.92 Å². The third-order valence-corrected chi connectivity index (χ3v) is 5.55. The summed E-state index contributed by atoms with van der Waals surface area (Å²) in [5, 5.41) is 20.5. The highest BCUT2D eigenvalue weighted by atomic mass is 16.4. The number of aliphatic hydroxyl groups is 1. The molecule has 0 saturated carbocycles. The molecule has 8 heteroatoms. The summed E-state index contributed by atoms with van der Waals surface area (Å²) in [5.41, 5.74) is 5.15. The molecular weight excluding hydrogens is 400 g/mol. The lowest BCUT2D eigenvalue weighted by atomic mass is 9.92. The molecular formula is C23H42N2O6. The topological polar surface area (TPSA) is 147 Å². The molecule has 0 aliphatic carbocycles. The predicted octanol–water partition coefficient (Wildman–Crippen LogP) is 2.95. The molecule has 0 fully saturated rings. The predicted molar refractivity (Wildman–Crippen MR) is 119 cm³/mol. The van der Waals surface area contributed by atoms with Crippen molar-refractivity contribution >= 4 is 23.6 Å². The molecule has 180 valence electrons. The molecule has 0 heterocycles. The minimum Gasteiger partial charge on any atom is -0.481 e. The second kappa shape index (κ2) is 18.8. The molecule has 0 aliphatic rings. The van der Waals surface area contributed by atoms with Crippen molar-refractivity contribution in [2.24, 2.45) is 17.6 Å². The summed E-state index contributed by atoms with van der Waals surface area (Å²) in [4.78, 5) is 45.4. The highest BCUT2D eigenvalue weighted by Gasteiger charge is 2.21. The summed E-state index contributed by atoms with van der Waals surface area (Å²) in [6, 6.07) is 0. The molecule has 0 aromatic carbocycles. The van der Waals surface area contributed by atoms with E-state index in [0.29, 0.717) is 19.4 Å². The van der Waals surface area contributed by atoms with Gasteiger partial charge in [0, 0.05) is 31.7 Å². The number of unbranched alkanes of at least 4 members (excludes halogenated alkanes) is 8. The number of carboxylic acids is 1. The number of hydrogen-bond acceptors (Lipinski definition) is 5. The van der Waals surface area contributed by atoms with Crippen LogP contribution in [0.1, 0.15) is 96.8 Å². The monoisotopic (exact) mass is 442 g/mol. The van der Waals surface area contributed by atoms with Crippen molar-refractivity contribution in [2.45, 2.75) is 96.8 Å². The van der Waals surface area contributed by atoms with Crippen LogP contribution >= 0.6 is 0 Å². The number of amides is 2. The standard InChI is InChI=1S/C23H42N2O6/c1-18(20(27)16-19(17-26)23(24)31)12-10-11-15-25-21(28)13-8-6-4-2-3-5-7-9-14-22(29)30/h18-19,26H,2-17H2,1H3,(H2,24,31)(H,25,28)(H,29,30)/t18-,19+/m1/s1. The maximum Gasteiger partial charge on any atom is 0.303 e. The molecule has 0 unspecified atom stereocenters. The summed E-state index contributed by atoms with van der Waals surface area (Å²) in [5.74, 6) is -2.39. The lowest BCUT2D eigenvalue weighted by molar-refractivity contribution is -0.137. The number of ketones is 1. The molecule has 0 saturated heterocycles. The van der Waals surface area contributed by atoms with Crippen LogP contribution in [-0.2, 0) is 19.2 Å². The molecule has 8 nitrogen and oxygen atoms in total. The van der Waals surface area contributed by atoms with E-state index >= 15 is 0 Å². The van der Waals surface area contributed by atoms with E-state index < -0.39 is 24.4 Å². The molecule has 31 heavy (non-hydrogen) atoms. The van der Waals surface area contributed by atoms with Gasteiger partial charge in [0.1, 0.15) is 5.78 Å². The molecule has 0 spiro atoms.